The van der Waals surface area contributed by atoms with E-state index >= 15 is 0 Å². The van der Waals surface area contributed by atoms with Crippen molar-refractivity contribution in [2.75, 3.05) is 27.3 Å². The Morgan fingerprint density at radius 1 is 1.35 bits per heavy atom. The van der Waals surface area contributed by atoms with Gasteiger partial charge < -0.3 is 14.7 Å². The lowest BCUT2D eigenvalue weighted by molar-refractivity contribution is 0.172. The molecule has 0 aliphatic carbocycles. The lowest BCUT2D eigenvalue weighted by Gasteiger charge is -2.22. The van der Waals surface area contributed by atoms with E-state index in [-0.39, 0.29) is 6.61 Å². The lowest BCUT2D eigenvalue weighted by Crippen LogP contribution is -2.27. The first-order valence-electron chi connectivity index (χ1n) is 6.12. The summed E-state index contributed by atoms with van der Waals surface area (Å²) in [5.74, 6) is 1.28. The van der Waals surface area contributed by atoms with Crippen LogP contribution in [0.5, 0.6) is 5.75 Å². The van der Waals surface area contributed by atoms with E-state index in [0.717, 1.165) is 25.3 Å². The molecule has 1 unspecified atom stereocenters. The molecule has 0 aliphatic rings. The molecule has 0 fully saturated rings. The molecule has 1 N–H and O–H groups in total. The van der Waals surface area contributed by atoms with Gasteiger partial charge in [0.1, 0.15) is 5.75 Å². The minimum atomic E-state index is 0.257. The summed E-state index contributed by atoms with van der Waals surface area (Å²) in [5.41, 5.74) is 1.19. The van der Waals surface area contributed by atoms with E-state index in [9.17, 15) is 5.11 Å². The SMILES string of the molecule is CCC(CO)CN(C)Cc1ccccc1OC. The van der Waals surface area contributed by atoms with E-state index in [2.05, 4.69) is 24.9 Å². The highest BCUT2D eigenvalue weighted by Crippen LogP contribution is 2.19. The second-order valence-corrected chi connectivity index (χ2v) is 4.47. The number of nitrogens with zero attached hydrogens (tertiary/aromatic N) is 1. The van der Waals surface area contributed by atoms with Crippen LogP contribution in [0.2, 0.25) is 0 Å². The van der Waals surface area contributed by atoms with Gasteiger partial charge in [0.25, 0.3) is 0 Å². The molecule has 0 saturated carbocycles. The van der Waals surface area contributed by atoms with Crippen LogP contribution in [-0.2, 0) is 6.54 Å². The van der Waals surface area contributed by atoms with Gasteiger partial charge in [-0.05, 0) is 25.5 Å². The van der Waals surface area contributed by atoms with Crippen molar-refractivity contribution in [1.29, 1.82) is 0 Å². The van der Waals surface area contributed by atoms with Gasteiger partial charge in [-0.25, -0.2) is 0 Å². The van der Waals surface area contributed by atoms with E-state index in [1.54, 1.807) is 7.11 Å². The summed E-state index contributed by atoms with van der Waals surface area (Å²) in [7, 11) is 3.77. The predicted octanol–water partition coefficient (Wildman–Crippen LogP) is 2.15. The standard InChI is InChI=1S/C14H23NO2/c1-4-12(11-16)9-15(2)10-13-7-5-6-8-14(13)17-3/h5-8,12,16H,4,9-11H2,1-3H3. The van der Waals surface area contributed by atoms with Gasteiger partial charge in [-0.2, -0.15) is 0 Å². The van der Waals surface area contributed by atoms with E-state index in [0.29, 0.717) is 5.92 Å². The predicted molar refractivity (Wildman–Crippen MR) is 70.2 cm³/mol. The Morgan fingerprint density at radius 3 is 2.65 bits per heavy atom. The number of aliphatic hydroxyl groups is 1. The maximum absolute atomic E-state index is 9.19. The van der Waals surface area contributed by atoms with E-state index < -0.39 is 0 Å². The molecule has 0 amide bonds. The summed E-state index contributed by atoms with van der Waals surface area (Å²) >= 11 is 0. The zero-order chi connectivity index (χ0) is 12.7. The monoisotopic (exact) mass is 237 g/mol. The summed E-state index contributed by atoms with van der Waals surface area (Å²) in [6.45, 7) is 4.12. The van der Waals surface area contributed by atoms with Gasteiger partial charge >= 0.3 is 0 Å². The van der Waals surface area contributed by atoms with Crippen molar-refractivity contribution in [2.24, 2.45) is 5.92 Å². The molecular weight excluding hydrogens is 214 g/mol. The molecule has 0 bridgehead atoms. The zero-order valence-electron chi connectivity index (χ0n) is 11.0. The molecule has 0 saturated heterocycles. The maximum atomic E-state index is 9.19. The maximum Gasteiger partial charge on any atom is 0.123 e. The summed E-state index contributed by atoms with van der Waals surface area (Å²) in [5, 5.41) is 9.19. The normalized spacial score (nSPS) is 12.8. The van der Waals surface area contributed by atoms with E-state index in [4.69, 9.17) is 4.74 Å². The quantitative estimate of drug-likeness (QED) is 0.788. The Morgan fingerprint density at radius 2 is 2.06 bits per heavy atom. The summed E-state index contributed by atoms with van der Waals surface area (Å²) in [4.78, 5) is 2.22. The number of para-hydroxylation sites is 1. The first-order chi connectivity index (χ1) is 8.21. The van der Waals surface area contributed by atoms with Crippen LogP contribution in [0.15, 0.2) is 24.3 Å². The van der Waals surface area contributed by atoms with Crippen LogP contribution in [0.4, 0.5) is 0 Å². The number of ether oxygens (including phenoxy) is 1. The number of hydrogen-bond acceptors (Lipinski definition) is 3. The van der Waals surface area contributed by atoms with Gasteiger partial charge in [0, 0.05) is 25.3 Å². The molecule has 1 atom stereocenters. The Bertz CT molecular complexity index is 324. The third kappa shape index (κ3) is 4.36. The zero-order valence-corrected chi connectivity index (χ0v) is 11.0. The van der Waals surface area contributed by atoms with Crippen molar-refractivity contribution in [3.8, 4) is 5.75 Å². The number of rotatable bonds is 7. The molecule has 0 radical (unpaired) electrons. The van der Waals surface area contributed by atoms with Crippen LogP contribution < -0.4 is 4.74 Å². The van der Waals surface area contributed by atoms with Crippen LogP contribution >= 0.6 is 0 Å². The topological polar surface area (TPSA) is 32.7 Å². The van der Waals surface area contributed by atoms with E-state index in [1.807, 2.05) is 18.2 Å². The first kappa shape index (κ1) is 14.0. The van der Waals surface area contributed by atoms with Crippen molar-refractivity contribution in [1.82, 2.24) is 4.90 Å². The van der Waals surface area contributed by atoms with Gasteiger partial charge in [0.15, 0.2) is 0 Å². The fourth-order valence-electron chi connectivity index (χ4n) is 1.95. The molecule has 1 aromatic rings. The average molecular weight is 237 g/mol. The minimum absolute atomic E-state index is 0.257. The lowest BCUT2D eigenvalue weighted by atomic mass is 10.1. The van der Waals surface area contributed by atoms with Gasteiger partial charge in [0.05, 0.1) is 7.11 Å². The van der Waals surface area contributed by atoms with Crippen LogP contribution in [0.25, 0.3) is 0 Å². The summed E-state index contributed by atoms with van der Waals surface area (Å²) in [6, 6.07) is 8.06. The first-order valence-corrected chi connectivity index (χ1v) is 6.12. The average Bonchev–Trinajstić information content (AvgIpc) is 2.36. The largest absolute Gasteiger partial charge is 0.496 e. The van der Waals surface area contributed by atoms with E-state index in [1.165, 1.54) is 5.56 Å². The van der Waals surface area contributed by atoms with Crippen molar-refractivity contribution in [3.63, 3.8) is 0 Å². The van der Waals surface area contributed by atoms with Gasteiger partial charge in [-0.15, -0.1) is 0 Å². The highest BCUT2D eigenvalue weighted by molar-refractivity contribution is 5.32. The van der Waals surface area contributed by atoms with Crippen LogP contribution in [0.1, 0.15) is 18.9 Å². The molecule has 0 spiro atoms. The molecule has 0 heterocycles. The summed E-state index contributed by atoms with van der Waals surface area (Å²) in [6.07, 6.45) is 1.01. The number of hydrogen-bond donors (Lipinski definition) is 1. The minimum Gasteiger partial charge on any atom is -0.496 e. The second kappa shape index (κ2) is 7.30. The van der Waals surface area contributed by atoms with Crippen molar-refractivity contribution < 1.29 is 9.84 Å². The van der Waals surface area contributed by atoms with Crippen molar-refractivity contribution >= 4 is 0 Å². The van der Waals surface area contributed by atoms with Crippen LogP contribution in [-0.4, -0.2) is 37.3 Å². The molecule has 1 rings (SSSR count). The molecule has 0 aliphatic heterocycles. The van der Waals surface area contributed by atoms with Gasteiger partial charge in [-0.1, -0.05) is 25.1 Å². The third-order valence-corrected chi connectivity index (χ3v) is 3.04. The van der Waals surface area contributed by atoms with Crippen molar-refractivity contribution in [2.45, 2.75) is 19.9 Å². The molecule has 3 heteroatoms. The molecule has 96 valence electrons. The molecule has 1 aromatic carbocycles. The molecule has 17 heavy (non-hydrogen) atoms. The Kier molecular flexibility index (Phi) is 6.01. The highest BCUT2D eigenvalue weighted by Gasteiger charge is 2.10. The van der Waals surface area contributed by atoms with Crippen molar-refractivity contribution in [3.05, 3.63) is 29.8 Å². The smallest absolute Gasteiger partial charge is 0.123 e. The van der Waals surface area contributed by atoms with Gasteiger partial charge in [0.2, 0.25) is 0 Å². The Hall–Kier alpha value is -1.06. The molecule has 3 nitrogen and oxygen atoms in total. The Balaban J connectivity index is 2.58. The number of aliphatic hydroxyl groups excluding tert-OH is 1. The van der Waals surface area contributed by atoms with Crippen LogP contribution in [0, 0.1) is 5.92 Å². The molecular formula is C14H23NO2. The fraction of sp³-hybridized carbons (Fsp3) is 0.571. The third-order valence-electron chi connectivity index (χ3n) is 3.04. The molecule has 0 aromatic heterocycles. The second-order valence-electron chi connectivity index (χ2n) is 4.47. The fourth-order valence-corrected chi connectivity index (χ4v) is 1.95. The summed E-state index contributed by atoms with van der Waals surface area (Å²) < 4.78 is 5.33. The number of benzene rings is 1. The van der Waals surface area contributed by atoms with Gasteiger partial charge in [-0.3, -0.25) is 0 Å². The number of methoxy groups -OCH3 is 1. The Labute approximate surface area is 104 Å². The highest BCUT2D eigenvalue weighted by atomic mass is 16.5. The van der Waals surface area contributed by atoms with Crippen LogP contribution in [0.3, 0.4) is 0 Å².